The first-order chi connectivity index (χ1) is 8.84. The van der Waals surface area contributed by atoms with Crippen LogP contribution in [0.5, 0.6) is 0 Å². The summed E-state index contributed by atoms with van der Waals surface area (Å²) in [5, 5.41) is 0. The van der Waals surface area contributed by atoms with Crippen LogP contribution in [-0.2, 0) is 10.0 Å². The van der Waals surface area contributed by atoms with E-state index in [1.807, 2.05) is 13.8 Å². The van der Waals surface area contributed by atoms with Crippen LogP contribution in [0, 0.1) is 6.92 Å². The van der Waals surface area contributed by atoms with Crippen LogP contribution in [-0.4, -0.2) is 30.8 Å². The number of hydrogen-bond acceptors (Lipinski definition) is 3. The lowest BCUT2D eigenvalue weighted by Crippen LogP contribution is -2.32. The molecule has 0 bridgehead atoms. The van der Waals surface area contributed by atoms with E-state index < -0.39 is 10.0 Å². The number of aryl methyl sites for hydroxylation is 1. The van der Waals surface area contributed by atoms with Crippen molar-refractivity contribution in [1.29, 1.82) is 0 Å². The molecule has 106 valence electrons. The molecule has 0 unspecified atom stereocenters. The average molecular weight is 300 g/mol. The van der Waals surface area contributed by atoms with Crippen molar-refractivity contribution in [2.24, 2.45) is 5.73 Å². The van der Waals surface area contributed by atoms with Crippen LogP contribution >= 0.6 is 12.2 Å². The highest BCUT2D eigenvalue weighted by molar-refractivity contribution is 7.89. The van der Waals surface area contributed by atoms with Crippen LogP contribution in [0.3, 0.4) is 0 Å². The van der Waals surface area contributed by atoms with E-state index in [9.17, 15) is 8.42 Å². The van der Waals surface area contributed by atoms with E-state index in [0.717, 1.165) is 6.42 Å². The van der Waals surface area contributed by atoms with Gasteiger partial charge in [0.05, 0.1) is 4.90 Å². The minimum atomic E-state index is -3.44. The van der Waals surface area contributed by atoms with Gasteiger partial charge >= 0.3 is 0 Å². The van der Waals surface area contributed by atoms with Crippen LogP contribution in [0.2, 0.25) is 0 Å². The zero-order valence-electron chi connectivity index (χ0n) is 11.5. The van der Waals surface area contributed by atoms with Gasteiger partial charge in [0.15, 0.2) is 0 Å². The predicted molar refractivity (Wildman–Crippen MR) is 81.8 cm³/mol. The van der Waals surface area contributed by atoms with Crippen molar-refractivity contribution in [1.82, 2.24) is 4.31 Å². The summed E-state index contributed by atoms with van der Waals surface area (Å²) in [6.07, 6.45) is 0.789. The second-order valence-corrected chi connectivity index (χ2v) is 6.69. The van der Waals surface area contributed by atoms with Gasteiger partial charge in [-0.25, -0.2) is 8.42 Å². The van der Waals surface area contributed by atoms with E-state index in [2.05, 4.69) is 0 Å². The summed E-state index contributed by atoms with van der Waals surface area (Å²) in [4.78, 5) is 0.593. The number of hydrogen-bond donors (Lipinski definition) is 1. The topological polar surface area (TPSA) is 63.4 Å². The van der Waals surface area contributed by atoms with Gasteiger partial charge < -0.3 is 5.73 Å². The highest BCUT2D eigenvalue weighted by Crippen LogP contribution is 2.21. The van der Waals surface area contributed by atoms with Crippen LogP contribution in [0.4, 0.5) is 0 Å². The number of nitrogens with zero attached hydrogens (tertiary/aromatic N) is 1. The van der Waals surface area contributed by atoms with E-state index in [-0.39, 0.29) is 4.99 Å². The minimum Gasteiger partial charge on any atom is -0.389 e. The maximum absolute atomic E-state index is 12.5. The fraction of sp³-hybridized carbons (Fsp3) is 0.462. The molecule has 0 amide bonds. The van der Waals surface area contributed by atoms with Crippen molar-refractivity contribution in [3.8, 4) is 0 Å². The van der Waals surface area contributed by atoms with Gasteiger partial charge in [-0.2, -0.15) is 4.31 Å². The lowest BCUT2D eigenvalue weighted by molar-refractivity contribution is 0.427. The van der Waals surface area contributed by atoms with Crippen LogP contribution in [0.25, 0.3) is 0 Å². The zero-order valence-corrected chi connectivity index (χ0v) is 13.1. The highest BCUT2D eigenvalue weighted by Gasteiger charge is 2.24. The van der Waals surface area contributed by atoms with Crippen molar-refractivity contribution in [3.05, 3.63) is 29.3 Å². The maximum Gasteiger partial charge on any atom is 0.243 e. The van der Waals surface area contributed by atoms with Gasteiger partial charge in [-0.05, 0) is 31.0 Å². The molecule has 0 spiro atoms. The third-order valence-electron chi connectivity index (χ3n) is 2.90. The Morgan fingerprint density at radius 2 is 2.00 bits per heavy atom. The van der Waals surface area contributed by atoms with E-state index in [1.165, 1.54) is 4.31 Å². The molecule has 0 aliphatic carbocycles. The van der Waals surface area contributed by atoms with Crippen LogP contribution in [0.15, 0.2) is 23.1 Å². The van der Waals surface area contributed by atoms with Gasteiger partial charge in [0, 0.05) is 18.7 Å². The SMILES string of the molecule is CCCN(CC)S(=O)(=O)c1ccc(C(N)=S)cc1C. The van der Waals surface area contributed by atoms with Gasteiger partial charge in [0.25, 0.3) is 0 Å². The number of sulfonamides is 1. The Kier molecular flexibility index (Phi) is 5.46. The Morgan fingerprint density at radius 3 is 2.42 bits per heavy atom. The molecule has 1 aromatic carbocycles. The molecule has 1 rings (SSSR count). The molecule has 2 N–H and O–H groups in total. The smallest absolute Gasteiger partial charge is 0.243 e. The monoisotopic (exact) mass is 300 g/mol. The Bertz CT molecular complexity index is 568. The molecule has 0 heterocycles. The number of benzene rings is 1. The van der Waals surface area contributed by atoms with E-state index in [4.69, 9.17) is 18.0 Å². The molecule has 0 atom stereocenters. The quantitative estimate of drug-likeness (QED) is 0.817. The van der Waals surface area contributed by atoms with Crippen molar-refractivity contribution >= 4 is 27.2 Å². The predicted octanol–water partition coefficient (Wildman–Crippen LogP) is 2.05. The van der Waals surface area contributed by atoms with Gasteiger partial charge in [0.1, 0.15) is 4.99 Å². The average Bonchev–Trinajstić information content (AvgIpc) is 2.35. The van der Waals surface area contributed by atoms with Crippen LogP contribution < -0.4 is 5.73 Å². The summed E-state index contributed by atoms with van der Waals surface area (Å²) in [6.45, 7) is 6.54. The van der Waals surface area contributed by atoms with Crippen molar-refractivity contribution in [2.45, 2.75) is 32.1 Å². The first kappa shape index (κ1) is 16.1. The summed E-state index contributed by atoms with van der Waals surface area (Å²) in [5.74, 6) is 0. The number of nitrogens with two attached hydrogens (primary N) is 1. The lowest BCUT2D eigenvalue weighted by atomic mass is 10.1. The molecular formula is C13H20N2O2S2. The molecule has 0 aliphatic heterocycles. The summed E-state index contributed by atoms with van der Waals surface area (Å²) in [7, 11) is -3.44. The second-order valence-electron chi connectivity index (χ2n) is 4.34. The maximum atomic E-state index is 12.5. The Hall–Kier alpha value is -0.980. The van der Waals surface area contributed by atoms with E-state index in [0.29, 0.717) is 29.1 Å². The summed E-state index contributed by atoms with van der Waals surface area (Å²) < 4.78 is 26.5. The van der Waals surface area contributed by atoms with Crippen molar-refractivity contribution in [3.63, 3.8) is 0 Å². The van der Waals surface area contributed by atoms with Crippen molar-refractivity contribution in [2.75, 3.05) is 13.1 Å². The Morgan fingerprint density at radius 1 is 1.37 bits per heavy atom. The fourth-order valence-corrected chi connectivity index (χ4v) is 3.80. The molecule has 0 fully saturated rings. The second kappa shape index (κ2) is 6.45. The molecule has 1 aromatic rings. The normalized spacial score (nSPS) is 11.8. The summed E-state index contributed by atoms with van der Waals surface area (Å²) in [5.41, 5.74) is 6.90. The van der Waals surface area contributed by atoms with Gasteiger partial charge in [-0.3, -0.25) is 0 Å². The van der Waals surface area contributed by atoms with Crippen molar-refractivity contribution < 1.29 is 8.42 Å². The Balaban J connectivity index is 3.25. The highest BCUT2D eigenvalue weighted by atomic mass is 32.2. The first-order valence-corrected chi connectivity index (χ1v) is 8.10. The summed E-state index contributed by atoms with van der Waals surface area (Å²) in [6, 6.07) is 4.95. The zero-order chi connectivity index (χ0) is 14.6. The molecule has 4 nitrogen and oxygen atoms in total. The summed E-state index contributed by atoms with van der Waals surface area (Å²) >= 11 is 4.89. The lowest BCUT2D eigenvalue weighted by Gasteiger charge is -2.21. The van der Waals surface area contributed by atoms with Crippen LogP contribution in [0.1, 0.15) is 31.4 Å². The number of rotatable bonds is 6. The molecule has 0 saturated carbocycles. The molecule has 0 aliphatic rings. The fourth-order valence-electron chi connectivity index (χ4n) is 1.93. The molecule has 6 heteroatoms. The molecular weight excluding hydrogens is 280 g/mol. The third-order valence-corrected chi connectivity index (χ3v) is 5.27. The van der Waals surface area contributed by atoms with E-state index >= 15 is 0 Å². The first-order valence-electron chi connectivity index (χ1n) is 6.25. The number of thiocarbonyl (C=S) groups is 1. The van der Waals surface area contributed by atoms with Gasteiger partial charge in [-0.1, -0.05) is 32.1 Å². The third kappa shape index (κ3) is 3.52. The van der Waals surface area contributed by atoms with Gasteiger partial charge in [0.2, 0.25) is 10.0 Å². The molecule has 0 saturated heterocycles. The molecule has 0 radical (unpaired) electrons. The standard InChI is InChI=1S/C13H20N2O2S2/c1-4-8-15(5-2)19(16,17)12-7-6-11(13(14)18)9-10(12)3/h6-7,9H,4-5,8H2,1-3H3,(H2,14,18). The Labute approximate surface area is 120 Å². The molecule has 19 heavy (non-hydrogen) atoms. The van der Waals surface area contributed by atoms with E-state index in [1.54, 1.807) is 25.1 Å². The minimum absolute atomic E-state index is 0.271. The molecule has 0 aromatic heterocycles. The largest absolute Gasteiger partial charge is 0.389 e. The van der Waals surface area contributed by atoms with Gasteiger partial charge in [-0.15, -0.1) is 0 Å².